The summed E-state index contributed by atoms with van der Waals surface area (Å²) >= 11 is 0. The molecule has 4 aromatic rings. The Bertz CT molecular complexity index is 1950. The monoisotopic (exact) mass is 790 g/mol. The minimum atomic E-state index is -5.08. The Morgan fingerprint density at radius 2 is 1.25 bits per heavy atom. The van der Waals surface area contributed by atoms with Gasteiger partial charge >= 0.3 is 36.4 Å². The molecule has 4 N–H and O–H groups in total. The molecule has 1 aliphatic heterocycles. The van der Waals surface area contributed by atoms with Crippen LogP contribution in [-0.4, -0.2) is 113 Å². The maximum Gasteiger partial charge on any atom is 0.490 e. The summed E-state index contributed by atoms with van der Waals surface area (Å²) in [6.45, 7) is 5.10. The second-order valence-corrected chi connectivity index (χ2v) is 12.5. The number of hydrogen-bond donors (Lipinski definition) is 4. The minimum Gasteiger partial charge on any atom is -0.475 e. The number of rotatable bonds is 4. The van der Waals surface area contributed by atoms with Crippen LogP contribution >= 0.6 is 0 Å². The molecule has 0 bridgehead atoms. The van der Waals surface area contributed by atoms with E-state index in [1.54, 1.807) is 24.5 Å². The zero-order valence-corrected chi connectivity index (χ0v) is 27.8. The van der Waals surface area contributed by atoms with Crippen molar-refractivity contribution in [2.75, 3.05) is 42.2 Å². The molecule has 24 heteroatoms. The van der Waals surface area contributed by atoms with Crippen molar-refractivity contribution in [3.8, 4) is 11.1 Å². The van der Waals surface area contributed by atoms with Gasteiger partial charge in [0.15, 0.2) is 9.84 Å². The number of aliphatic carboxylic acids is 3. The molecule has 0 saturated carbocycles. The lowest BCUT2D eigenvalue weighted by molar-refractivity contribution is -0.193. The summed E-state index contributed by atoms with van der Waals surface area (Å²) in [7, 11) is -3.23. The number of nitrogens with zero attached hydrogens (tertiary/aromatic N) is 5. The summed E-state index contributed by atoms with van der Waals surface area (Å²) in [4.78, 5) is 40.6. The third-order valence-electron chi connectivity index (χ3n) is 6.67. The fraction of sp³-hybridized carbons (Fsp3) is 0.310. The predicted octanol–water partition coefficient (Wildman–Crippen LogP) is 4.96. The van der Waals surface area contributed by atoms with Crippen LogP contribution in [0.1, 0.15) is 5.69 Å². The molecule has 0 radical (unpaired) electrons. The minimum absolute atomic E-state index is 0.348. The van der Waals surface area contributed by atoms with Crippen LogP contribution in [0.25, 0.3) is 22.0 Å². The number of aryl methyl sites for hydroxylation is 1. The number of fused-ring (bicyclic) bond motifs is 1. The maximum absolute atomic E-state index is 11.9. The van der Waals surface area contributed by atoms with Crippen LogP contribution in [0.4, 0.5) is 51.0 Å². The van der Waals surface area contributed by atoms with E-state index in [9.17, 15) is 47.9 Å². The lowest BCUT2D eigenvalue weighted by Crippen LogP contribution is -2.47. The van der Waals surface area contributed by atoms with Crippen molar-refractivity contribution < 1.29 is 77.6 Å². The number of carboxylic acid groups (broad SMARTS) is 3. The number of aromatic nitrogens is 4. The second kappa shape index (κ2) is 17.2. The lowest BCUT2D eigenvalue weighted by Gasteiger charge is -2.37. The fourth-order valence-corrected chi connectivity index (χ4v) is 4.86. The molecule has 14 nitrogen and oxygen atoms in total. The van der Waals surface area contributed by atoms with E-state index in [4.69, 9.17) is 29.7 Å². The summed E-state index contributed by atoms with van der Waals surface area (Å²) < 4.78 is 119. The van der Waals surface area contributed by atoms with Gasteiger partial charge in [-0.2, -0.15) is 44.6 Å². The highest BCUT2D eigenvalue weighted by Gasteiger charge is 2.39. The van der Waals surface area contributed by atoms with Crippen LogP contribution < -0.4 is 9.80 Å². The summed E-state index contributed by atoms with van der Waals surface area (Å²) in [5, 5.41) is 29.5. The number of halogens is 9. The normalized spacial score (nSPS) is 13.4. The van der Waals surface area contributed by atoms with Crippen molar-refractivity contribution in [1.82, 2.24) is 20.2 Å². The van der Waals surface area contributed by atoms with Gasteiger partial charge in [-0.15, -0.1) is 0 Å². The van der Waals surface area contributed by atoms with Gasteiger partial charge < -0.3 is 25.1 Å². The molecule has 290 valence electrons. The number of piperazine rings is 1. The zero-order valence-electron chi connectivity index (χ0n) is 27.0. The first-order valence-corrected chi connectivity index (χ1v) is 16.1. The number of sulfone groups is 1. The van der Waals surface area contributed by atoms with Crippen LogP contribution in [0.2, 0.25) is 0 Å². The quantitative estimate of drug-likeness (QED) is 0.202. The van der Waals surface area contributed by atoms with Gasteiger partial charge in [0, 0.05) is 55.3 Å². The molecule has 2 aromatic heterocycles. The van der Waals surface area contributed by atoms with Crippen molar-refractivity contribution in [2.45, 2.75) is 30.3 Å². The van der Waals surface area contributed by atoms with Crippen molar-refractivity contribution >= 4 is 50.2 Å². The van der Waals surface area contributed by atoms with E-state index in [2.05, 4.69) is 42.1 Å². The van der Waals surface area contributed by atoms with E-state index in [0.29, 0.717) is 4.90 Å². The standard InChI is InChI=1S/C23H24N6O2S.3C2HF3O2/c1-16-21(14-26-27-16)17-6-7-22-20(12-17)23(25-15-24-22)29-10-8-28(9-11-29)18-4-3-5-19(13-18)32(2,30)31;3*3-2(4,5)1(6)7/h3-7,12-15H,8-11H2,1-2H3,(H,26,27);3*(H,6,7). The molecule has 0 unspecified atom stereocenters. The van der Waals surface area contributed by atoms with E-state index >= 15 is 0 Å². The van der Waals surface area contributed by atoms with Gasteiger partial charge in [-0.1, -0.05) is 12.1 Å². The molecule has 0 atom stereocenters. The topological polar surface area (TPSA) is 207 Å². The van der Waals surface area contributed by atoms with Gasteiger partial charge in [-0.05, 0) is 42.8 Å². The molecule has 0 amide bonds. The van der Waals surface area contributed by atoms with Gasteiger partial charge in [-0.25, -0.2) is 32.8 Å². The average Bonchev–Trinajstić information content (AvgIpc) is 3.49. The molecule has 1 fully saturated rings. The number of carbonyl (C=O) groups is 3. The van der Waals surface area contributed by atoms with Crippen LogP contribution in [0, 0.1) is 6.92 Å². The first-order chi connectivity index (χ1) is 24.2. The smallest absolute Gasteiger partial charge is 0.475 e. The first-order valence-electron chi connectivity index (χ1n) is 14.2. The number of hydrogen-bond acceptors (Lipinski definition) is 10. The molecule has 1 saturated heterocycles. The van der Waals surface area contributed by atoms with Crippen molar-refractivity contribution in [2.24, 2.45) is 0 Å². The fourth-order valence-electron chi connectivity index (χ4n) is 4.20. The van der Waals surface area contributed by atoms with Gasteiger partial charge in [0.2, 0.25) is 0 Å². The average molecular weight is 791 g/mol. The molecule has 1 aliphatic rings. The van der Waals surface area contributed by atoms with E-state index in [-0.39, 0.29) is 0 Å². The summed E-state index contributed by atoms with van der Waals surface area (Å²) in [6.07, 6.45) is -10.5. The van der Waals surface area contributed by atoms with E-state index in [1.807, 2.05) is 25.3 Å². The molecule has 3 heterocycles. The van der Waals surface area contributed by atoms with Crippen molar-refractivity contribution in [3.63, 3.8) is 0 Å². The molecule has 0 aliphatic carbocycles. The molecular weight excluding hydrogens is 763 g/mol. The van der Waals surface area contributed by atoms with Crippen LogP contribution in [0.15, 0.2) is 59.9 Å². The predicted molar refractivity (Wildman–Crippen MR) is 167 cm³/mol. The number of H-pyrrole nitrogens is 1. The Labute approximate surface area is 292 Å². The Kier molecular flexibility index (Phi) is 14.1. The second-order valence-electron chi connectivity index (χ2n) is 10.5. The zero-order chi connectivity index (χ0) is 40.5. The Morgan fingerprint density at radius 3 is 1.68 bits per heavy atom. The van der Waals surface area contributed by atoms with Gasteiger partial charge in [0.1, 0.15) is 12.1 Å². The van der Waals surface area contributed by atoms with Crippen molar-refractivity contribution in [1.29, 1.82) is 0 Å². The summed E-state index contributed by atoms with van der Waals surface area (Å²) in [5.74, 6) is -7.35. The number of anilines is 2. The highest BCUT2D eigenvalue weighted by molar-refractivity contribution is 7.90. The lowest BCUT2D eigenvalue weighted by atomic mass is 10.0. The molecule has 53 heavy (non-hydrogen) atoms. The third-order valence-corrected chi connectivity index (χ3v) is 7.78. The van der Waals surface area contributed by atoms with Crippen LogP contribution in [0.3, 0.4) is 0 Å². The Morgan fingerprint density at radius 1 is 0.755 bits per heavy atom. The Hall–Kier alpha value is -5.68. The largest absolute Gasteiger partial charge is 0.490 e. The van der Waals surface area contributed by atoms with Gasteiger partial charge in [-0.3, -0.25) is 5.10 Å². The van der Waals surface area contributed by atoms with Crippen LogP contribution in [0.5, 0.6) is 0 Å². The summed E-state index contributed by atoms with van der Waals surface area (Å²) in [6, 6.07) is 13.4. The number of carboxylic acids is 3. The van der Waals surface area contributed by atoms with E-state index in [1.165, 1.54) is 6.26 Å². The van der Waals surface area contributed by atoms with E-state index < -0.39 is 46.3 Å². The summed E-state index contributed by atoms with van der Waals surface area (Å²) in [5.41, 5.74) is 4.93. The third kappa shape index (κ3) is 13.1. The highest BCUT2D eigenvalue weighted by Crippen LogP contribution is 2.31. The number of aromatic amines is 1. The number of alkyl halides is 9. The maximum atomic E-state index is 11.9. The van der Waals surface area contributed by atoms with Gasteiger partial charge in [0.05, 0.1) is 16.1 Å². The van der Waals surface area contributed by atoms with Crippen molar-refractivity contribution in [3.05, 3.63) is 60.7 Å². The first kappa shape index (κ1) is 43.5. The number of nitrogens with one attached hydrogen (secondary N) is 1. The van der Waals surface area contributed by atoms with E-state index in [0.717, 1.165) is 65.4 Å². The molecule has 2 aromatic carbocycles. The highest BCUT2D eigenvalue weighted by atomic mass is 32.2. The molecular formula is C29H27F9N6O8S. The Balaban J connectivity index is 0.000000379. The molecule has 5 rings (SSSR count). The SMILES string of the molecule is Cc1n[nH]cc1-c1ccc2ncnc(N3CCN(c4cccc(S(C)(=O)=O)c4)CC3)c2c1.O=C(O)C(F)(F)F.O=C(O)C(F)(F)F.O=C(O)C(F)(F)F. The van der Waals surface area contributed by atoms with Crippen LogP contribution in [-0.2, 0) is 24.2 Å². The molecule has 0 spiro atoms. The number of benzene rings is 2. The van der Waals surface area contributed by atoms with Gasteiger partial charge in [0.25, 0.3) is 0 Å².